The van der Waals surface area contributed by atoms with Gasteiger partial charge in [-0.25, -0.2) is 4.79 Å². The van der Waals surface area contributed by atoms with Crippen LogP contribution in [0.3, 0.4) is 0 Å². The molecule has 152 valence electrons. The van der Waals surface area contributed by atoms with Gasteiger partial charge in [0.1, 0.15) is 11.4 Å². The number of ether oxygens (including phenoxy) is 1. The Labute approximate surface area is 165 Å². The zero-order valence-corrected chi connectivity index (χ0v) is 16.4. The first-order valence-electron chi connectivity index (χ1n) is 10.3. The number of para-hydroxylation sites is 1. The number of likely N-dealkylation sites (tertiary alicyclic amines) is 1. The Balaban J connectivity index is 1.27. The topological polar surface area (TPSA) is 82.1 Å². The van der Waals surface area contributed by atoms with E-state index in [9.17, 15) is 9.59 Å². The first-order valence-corrected chi connectivity index (χ1v) is 10.3. The van der Waals surface area contributed by atoms with Crippen LogP contribution in [0.1, 0.15) is 38.2 Å². The summed E-state index contributed by atoms with van der Waals surface area (Å²) in [5.41, 5.74) is 0.993. The van der Waals surface area contributed by atoms with Gasteiger partial charge >= 0.3 is 12.0 Å². The maximum absolute atomic E-state index is 12.7. The van der Waals surface area contributed by atoms with Crippen LogP contribution in [0.15, 0.2) is 24.3 Å². The van der Waals surface area contributed by atoms with E-state index in [0.717, 1.165) is 37.9 Å². The molecule has 1 aromatic carbocycles. The zero-order chi connectivity index (χ0) is 19.7. The maximum Gasteiger partial charge on any atom is 0.317 e. The Morgan fingerprint density at radius 1 is 1.32 bits per heavy atom. The van der Waals surface area contributed by atoms with Gasteiger partial charge in [-0.15, -0.1) is 0 Å². The van der Waals surface area contributed by atoms with E-state index >= 15 is 0 Å². The van der Waals surface area contributed by atoms with Crippen molar-refractivity contribution in [2.75, 3.05) is 26.2 Å². The summed E-state index contributed by atoms with van der Waals surface area (Å²) in [6.07, 6.45) is 4.43. The van der Waals surface area contributed by atoms with Crippen molar-refractivity contribution in [1.29, 1.82) is 0 Å². The SMILES string of the molecule is CCN(CC(=O)O)C1CC(NC(=O)N2CCC3(CCc4ccccc4O3)C2)C1. The van der Waals surface area contributed by atoms with Crippen LogP contribution in [0.4, 0.5) is 4.79 Å². The molecule has 0 bridgehead atoms. The van der Waals surface area contributed by atoms with E-state index in [1.165, 1.54) is 5.56 Å². The molecule has 2 N–H and O–H groups in total. The van der Waals surface area contributed by atoms with Crippen molar-refractivity contribution < 1.29 is 19.4 Å². The van der Waals surface area contributed by atoms with Crippen molar-refractivity contribution >= 4 is 12.0 Å². The molecule has 1 saturated carbocycles. The van der Waals surface area contributed by atoms with E-state index in [2.05, 4.69) is 11.4 Å². The number of urea groups is 1. The number of likely N-dealkylation sites (N-methyl/N-ethyl adjacent to an activating group) is 1. The lowest BCUT2D eigenvalue weighted by Crippen LogP contribution is -2.57. The Kier molecular flexibility index (Phi) is 5.19. The molecule has 1 unspecified atom stereocenters. The van der Waals surface area contributed by atoms with Crippen molar-refractivity contribution in [3.8, 4) is 5.75 Å². The van der Waals surface area contributed by atoms with Gasteiger partial charge in [-0.3, -0.25) is 9.69 Å². The summed E-state index contributed by atoms with van der Waals surface area (Å²) < 4.78 is 6.32. The number of aliphatic carboxylic acids is 1. The predicted molar refractivity (Wildman–Crippen MR) is 105 cm³/mol. The van der Waals surface area contributed by atoms with Crippen LogP contribution in [0, 0.1) is 0 Å². The predicted octanol–water partition coefficient (Wildman–Crippen LogP) is 2.10. The highest BCUT2D eigenvalue weighted by molar-refractivity contribution is 5.75. The molecule has 1 saturated heterocycles. The molecule has 2 aliphatic heterocycles. The third-order valence-electron chi connectivity index (χ3n) is 6.45. The third-order valence-corrected chi connectivity index (χ3v) is 6.45. The number of carbonyl (C=O) groups excluding carboxylic acids is 1. The van der Waals surface area contributed by atoms with Gasteiger partial charge < -0.3 is 20.1 Å². The van der Waals surface area contributed by atoms with E-state index in [1.807, 2.05) is 34.9 Å². The van der Waals surface area contributed by atoms with Crippen LogP contribution in [0.2, 0.25) is 0 Å². The molecule has 28 heavy (non-hydrogen) atoms. The number of rotatable bonds is 5. The van der Waals surface area contributed by atoms with Crippen LogP contribution >= 0.6 is 0 Å². The fraction of sp³-hybridized carbons (Fsp3) is 0.619. The Morgan fingerprint density at radius 2 is 2.11 bits per heavy atom. The molecule has 3 aliphatic rings. The lowest BCUT2D eigenvalue weighted by Gasteiger charge is -2.42. The molecule has 4 rings (SSSR count). The van der Waals surface area contributed by atoms with Crippen LogP contribution in [-0.2, 0) is 11.2 Å². The number of nitrogens with one attached hydrogen (secondary N) is 1. The van der Waals surface area contributed by atoms with Gasteiger partial charge in [0.15, 0.2) is 0 Å². The number of hydrogen-bond donors (Lipinski definition) is 2. The normalized spacial score (nSPS) is 28.6. The number of nitrogens with zero attached hydrogens (tertiary/aromatic N) is 2. The van der Waals surface area contributed by atoms with Crippen LogP contribution < -0.4 is 10.1 Å². The molecular formula is C21H29N3O4. The lowest BCUT2D eigenvalue weighted by atomic mass is 9.85. The quantitative estimate of drug-likeness (QED) is 0.809. The molecule has 0 aromatic heterocycles. The molecular weight excluding hydrogens is 358 g/mol. The maximum atomic E-state index is 12.7. The van der Waals surface area contributed by atoms with Gasteiger partial charge in [0, 0.05) is 25.0 Å². The van der Waals surface area contributed by atoms with Gasteiger partial charge in [-0.2, -0.15) is 0 Å². The number of amides is 2. The second-order valence-electron chi connectivity index (χ2n) is 8.29. The minimum absolute atomic E-state index is 0.0240. The number of fused-ring (bicyclic) bond motifs is 1. The molecule has 2 heterocycles. The monoisotopic (exact) mass is 387 g/mol. The second kappa shape index (κ2) is 7.62. The van der Waals surface area contributed by atoms with E-state index in [-0.39, 0.29) is 30.3 Å². The molecule has 2 amide bonds. The average molecular weight is 387 g/mol. The number of hydrogen-bond acceptors (Lipinski definition) is 4. The number of benzene rings is 1. The Hall–Kier alpha value is -2.28. The van der Waals surface area contributed by atoms with Gasteiger partial charge in [-0.05, 0) is 43.9 Å². The highest BCUT2D eigenvalue weighted by Crippen LogP contribution is 2.38. The standard InChI is InChI=1S/C21H29N3O4/c1-2-23(13-19(25)26)17-11-16(12-17)22-20(27)24-10-9-21(14-24)8-7-15-5-3-4-6-18(15)28-21/h3-6,16-17H,2,7-14H2,1H3,(H,22,27)(H,25,26). The fourth-order valence-corrected chi connectivity index (χ4v) is 4.70. The summed E-state index contributed by atoms with van der Waals surface area (Å²) in [7, 11) is 0. The highest BCUT2D eigenvalue weighted by atomic mass is 16.5. The summed E-state index contributed by atoms with van der Waals surface area (Å²) in [5, 5.41) is 12.1. The minimum atomic E-state index is -0.800. The van der Waals surface area contributed by atoms with E-state index in [0.29, 0.717) is 19.6 Å². The van der Waals surface area contributed by atoms with Gasteiger partial charge in [0.2, 0.25) is 0 Å². The smallest absolute Gasteiger partial charge is 0.317 e. The molecule has 7 nitrogen and oxygen atoms in total. The van der Waals surface area contributed by atoms with Crippen LogP contribution in [0.25, 0.3) is 0 Å². The molecule has 1 aromatic rings. The molecule has 0 radical (unpaired) electrons. The fourth-order valence-electron chi connectivity index (χ4n) is 4.70. The largest absolute Gasteiger partial charge is 0.485 e. The molecule has 1 atom stereocenters. The van der Waals surface area contributed by atoms with Crippen LogP contribution in [-0.4, -0.2) is 70.8 Å². The van der Waals surface area contributed by atoms with Crippen molar-refractivity contribution in [1.82, 2.24) is 15.1 Å². The Morgan fingerprint density at radius 3 is 2.86 bits per heavy atom. The first-order chi connectivity index (χ1) is 13.5. The van der Waals surface area contributed by atoms with Gasteiger partial charge in [0.25, 0.3) is 0 Å². The number of aryl methyl sites for hydroxylation is 1. The third kappa shape index (κ3) is 3.81. The lowest BCUT2D eigenvalue weighted by molar-refractivity contribution is -0.139. The highest BCUT2D eigenvalue weighted by Gasteiger charge is 2.45. The zero-order valence-electron chi connectivity index (χ0n) is 16.4. The van der Waals surface area contributed by atoms with E-state index in [4.69, 9.17) is 9.84 Å². The number of carboxylic acid groups (broad SMARTS) is 1. The van der Waals surface area contributed by atoms with E-state index < -0.39 is 5.97 Å². The first kappa shape index (κ1) is 19.1. The number of carboxylic acids is 1. The minimum Gasteiger partial charge on any atom is -0.485 e. The molecule has 2 fully saturated rings. The van der Waals surface area contributed by atoms with Crippen molar-refractivity contribution in [2.45, 2.75) is 56.7 Å². The summed E-state index contributed by atoms with van der Waals surface area (Å²) in [5.74, 6) is 0.154. The van der Waals surface area contributed by atoms with Gasteiger partial charge in [-0.1, -0.05) is 25.1 Å². The molecule has 1 aliphatic carbocycles. The molecule has 7 heteroatoms. The van der Waals surface area contributed by atoms with Gasteiger partial charge in [0.05, 0.1) is 13.1 Å². The van der Waals surface area contributed by atoms with Crippen molar-refractivity contribution in [2.24, 2.45) is 0 Å². The summed E-state index contributed by atoms with van der Waals surface area (Å²) >= 11 is 0. The average Bonchev–Trinajstić information content (AvgIpc) is 3.06. The van der Waals surface area contributed by atoms with E-state index in [1.54, 1.807) is 0 Å². The van der Waals surface area contributed by atoms with Crippen molar-refractivity contribution in [3.05, 3.63) is 29.8 Å². The molecule has 1 spiro atoms. The summed E-state index contributed by atoms with van der Waals surface area (Å²) in [4.78, 5) is 27.5. The van der Waals surface area contributed by atoms with Crippen LogP contribution in [0.5, 0.6) is 5.75 Å². The van der Waals surface area contributed by atoms with Crippen molar-refractivity contribution in [3.63, 3.8) is 0 Å². The number of carbonyl (C=O) groups is 2. The Bertz CT molecular complexity index is 749. The second-order valence-corrected chi connectivity index (χ2v) is 8.29. The summed E-state index contributed by atoms with van der Waals surface area (Å²) in [6.45, 7) is 4.09. The summed E-state index contributed by atoms with van der Waals surface area (Å²) in [6, 6.07) is 8.51.